The van der Waals surface area contributed by atoms with Gasteiger partial charge in [0, 0.05) is 13.8 Å². The van der Waals surface area contributed by atoms with E-state index >= 15 is 0 Å². The average molecular weight is 398 g/mol. The molecule has 150 valence electrons. The van der Waals surface area contributed by atoms with E-state index in [1.165, 1.54) is 25.6 Å². The monoisotopic (exact) mass is 398 g/mol. The number of hydrogen-bond donors (Lipinski definition) is 1. The van der Waals surface area contributed by atoms with Gasteiger partial charge in [0.15, 0.2) is 12.2 Å². The number of hydrogen-bond acceptors (Lipinski definition) is 8. The van der Waals surface area contributed by atoms with E-state index < -0.39 is 41.8 Å². The van der Waals surface area contributed by atoms with Gasteiger partial charge in [-0.1, -0.05) is 37.3 Å². The molecular weight excluding hydrogens is 372 g/mol. The molecule has 5 atom stereocenters. The summed E-state index contributed by atoms with van der Waals surface area (Å²) >= 11 is 1.41. The highest BCUT2D eigenvalue weighted by atomic mass is 32.2. The number of aliphatic hydroxyl groups is 1. The molecule has 1 aliphatic rings. The van der Waals surface area contributed by atoms with Crippen LogP contribution in [0.2, 0.25) is 0 Å². The molecule has 1 saturated heterocycles. The second-order valence-corrected chi connectivity index (χ2v) is 7.51. The molecule has 0 radical (unpaired) electrons. The Morgan fingerprint density at radius 1 is 1.11 bits per heavy atom. The van der Waals surface area contributed by atoms with Gasteiger partial charge in [-0.25, -0.2) is 0 Å². The Morgan fingerprint density at radius 2 is 1.74 bits per heavy atom. The quantitative estimate of drug-likeness (QED) is 0.664. The number of carbonyl (C=O) groups is 2. The minimum Gasteiger partial charge on any atom is -0.456 e. The van der Waals surface area contributed by atoms with Gasteiger partial charge in [-0.15, -0.1) is 11.8 Å². The molecule has 0 spiro atoms. The van der Waals surface area contributed by atoms with Crippen LogP contribution in [-0.2, 0) is 35.1 Å². The molecular formula is C19H26O7S. The van der Waals surface area contributed by atoms with Gasteiger partial charge in [0.2, 0.25) is 0 Å². The van der Waals surface area contributed by atoms with Crippen LogP contribution < -0.4 is 0 Å². The van der Waals surface area contributed by atoms with E-state index in [1.807, 2.05) is 37.3 Å². The lowest BCUT2D eigenvalue weighted by Gasteiger charge is -2.43. The van der Waals surface area contributed by atoms with Crippen molar-refractivity contribution in [2.45, 2.75) is 57.2 Å². The molecule has 7 nitrogen and oxygen atoms in total. The van der Waals surface area contributed by atoms with Gasteiger partial charge in [-0.3, -0.25) is 9.59 Å². The average Bonchev–Trinajstić information content (AvgIpc) is 2.62. The van der Waals surface area contributed by atoms with Crippen molar-refractivity contribution in [2.75, 3.05) is 12.4 Å². The van der Waals surface area contributed by atoms with Crippen molar-refractivity contribution in [1.82, 2.24) is 0 Å². The van der Waals surface area contributed by atoms with Gasteiger partial charge in [0.25, 0.3) is 0 Å². The zero-order valence-electron chi connectivity index (χ0n) is 15.7. The standard InChI is InChI=1S/C19H26O7S/c1-4-27-19-18(25-13(3)21)17(24-12(2)20)16(22)15(26-19)11-23-10-14-8-6-5-7-9-14/h5-9,15-19,22H,4,10-11H2,1-3H3/t15?,16-,17?,18?,19-/m0/s1. The summed E-state index contributed by atoms with van der Waals surface area (Å²) in [5.41, 5.74) is 0.425. The molecule has 1 N–H and O–H groups in total. The summed E-state index contributed by atoms with van der Waals surface area (Å²) < 4.78 is 22.2. The lowest BCUT2D eigenvalue weighted by molar-refractivity contribution is -0.231. The molecule has 1 aromatic rings. The molecule has 0 amide bonds. The van der Waals surface area contributed by atoms with Crippen LogP contribution in [0.25, 0.3) is 0 Å². The second kappa shape index (κ2) is 10.7. The van der Waals surface area contributed by atoms with Crippen LogP contribution in [0.3, 0.4) is 0 Å². The Kier molecular flexibility index (Phi) is 8.56. The Balaban J connectivity index is 2.08. The van der Waals surface area contributed by atoms with Crippen molar-refractivity contribution >= 4 is 23.7 Å². The minimum atomic E-state index is -1.18. The van der Waals surface area contributed by atoms with Crippen molar-refractivity contribution in [3.63, 3.8) is 0 Å². The summed E-state index contributed by atoms with van der Waals surface area (Å²) in [6.45, 7) is 4.92. The number of carbonyl (C=O) groups excluding carboxylic acids is 2. The summed E-state index contributed by atoms with van der Waals surface area (Å²) in [7, 11) is 0. The molecule has 3 unspecified atom stereocenters. The molecule has 0 saturated carbocycles. The predicted octanol–water partition coefficient (Wildman–Crippen LogP) is 1.91. The van der Waals surface area contributed by atoms with E-state index in [4.69, 9.17) is 18.9 Å². The van der Waals surface area contributed by atoms with Crippen LogP contribution in [0.15, 0.2) is 30.3 Å². The van der Waals surface area contributed by atoms with Gasteiger partial charge < -0.3 is 24.1 Å². The molecule has 0 aromatic heterocycles. The third kappa shape index (κ3) is 6.49. The SMILES string of the molecule is CCS[C@@H]1OC(COCc2ccccc2)[C@H](O)C(OC(C)=O)C1OC(C)=O. The number of rotatable bonds is 8. The maximum atomic E-state index is 11.5. The zero-order chi connectivity index (χ0) is 19.8. The number of thioether (sulfide) groups is 1. The largest absolute Gasteiger partial charge is 0.456 e. The number of esters is 2. The molecule has 2 rings (SSSR count). The van der Waals surface area contributed by atoms with E-state index in [-0.39, 0.29) is 6.61 Å². The van der Waals surface area contributed by atoms with Crippen molar-refractivity contribution in [3.8, 4) is 0 Å². The van der Waals surface area contributed by atoms with Gasteiger partial charge >= 0.3 is 11.9 Å². The molecule has 0 bridgehead atoms. The van der Waals surface area contributed by atoms with Crippen molar-refractivity contribution in [2.24, 2.45) is 0 Å². The van der Waals surface area contributed by atoms with Crippen LogP contribution in [0.1, 0.15) is 26.3 Å². The number of ether oxygens (including phenoxy) is 4. The Bertz CT molecular complexity index is 609. The highest BCUT2D eigenvalue weighted by Crippen LogP contribution is 2.32. The van der Waals surface area contributed by atoms with Crippen LogP contribution in [0, 0.1) is 0 Å². The lowest BCUT2D eigenvalue weighted by Crippen LogP contribution is -2.60. The first-order valence-corrected chi connectivity index (χ1v) is 9.88. The van der Waals surface area contributed by atoms with Gasteiger partial charge in [-0.2, -0.15) is 0 Å². The third-order valence-electron chi connectivity index (χ3n) is 3.95. The van der Waals surface area contributed by atoms with E-state index in [1.54, 1.807) is 0 Å². The molecule has 27 heavy (non-hydrogen) atoms. The summed E-state index contributed by atoms with van der Waals surface area (Å²) in [5, 5.41) is 10.7. The maximum absolute atomic E-state index is 11.5. The fourth-order valence-electron chi connectivity index (χ4n) is 2.84. The molecule has 1 heterocycles. The third-order valence-corrected chi connectivity index (χ3v) is 4.99. The van der Waals surface area contributed by atoms with Gasteiger partial charge in [0.1, 0.15) is 17.6 Å². The Morgan fingerprint density at radius 3 is 2.33 bits per heavy atom. The molecule has 1 aromatic carbocycles. The van der Waals surface area contributed by atoms with E-state index in [0.29, 0.717) is 12.4 Å². The molecule has 0 aliphatic carbocycles. The smallest absolute Gasteiger partial charge is 0.303 e. The van der Waals surface area contributed by atoms with Crippen LogP contribution in [0.5, 0.6) is 0 Å². The first-order chi connectivity index (χ1) is 12.9. The minimum absolute atomic E-state index is 0.112. The highest BCUT2D eigenvalue weighted by molar-refractivity contribution is 7.99. The number of aliphatic hydroxyl groups excluding tert-OH is 1. The fourth-order valence-corrected chi connectivity index (χ4v) is 3.79. The van der Waals surface area contributed by atoms with Crippen LogP contribution in [-0.4, -0.2) is 59.3 Å². The summed E-state index contributed by atoms with van der Waals surface area (Å²) in [6, 6.07) is 9.62. The summed E-state index contributed by atoms with van der Waals surface area (Å²) in [6.07, 6.45) is -3.80. The first-order valence-electron chi connectivity index (χ1n) is 8.83. The Labute approximate surface area is 163 Å². The lowest BCUT2D eigenvalue weighted by atomic mass is 9.99. The highest BCUT2D eigenvalue weighted by Gasteiger charge is 2.49. The van der Waals surface area contributed by atoms with E-state index in [9.17, 15) is 14.7 Å². The maximum Gasteiger partial charge on any atom is 0.303 e. The first kappa shape index (κ1) is 21.7. The van der Waals surface area contributed by atoms with E-state index in [2.05, 4.69) is 0 Å². The summed E-state index contributed by atoms with van der Waals surface area (Å²) in [4.78, 5) is 23.0. The van der Waals surface area contributed by atoms with Crippen LogP contribution >= 0.6 is 11.8 Å². The normalized spacial score (nSPS) is 27.8. The fraction of sp³-hybridized carbons (Fsp3) is 0.579. The predicted molar refractivity (Wildman–Crippen MR) is 100 cm³/mol. The molecule has 8 heteroatoms. The second-order valence-electron chi connectivity index (χ2n) is 6.14. The van der Waals surface area contributed by atoms with Gasteiger partial charge in [0.05, 0.1) is 13.2 Å². The van der Waals surface area contributed by atoms with Crippen molar-refractivity contribution in [1.29, 1.82) is 0 Å². The van der Waals surface area contributed by atoms with Crippen molar-refractivity contribution in [3.05, 3.63) is 35.9 Å². The van der Waals surface area contributed by atoms with E-state index in [0.717, 1.165) is 5.56 Å². The Hall–Kier alpha value is -1.61. The number of benzene rings is 1. The van der Waals surface area contributed by atoms with Crippen molar-refractivity contribution < 1.29 is 33.6 Å². The zero-order valence-corrected chi connectivity index (χ0v) is 16.5. The van der Waals surface area contributed by atoms with Gasteiger partial charge in [-0.05, 0) is 11.3 Å². The summed E-state index contributed by atoms with van der Waals surface area (Å²) in [5.74, 6) is -0.404. The topological polar surface area (TPSA) is 91.3 Å². The molecule has 1 fully saturated rings. The van der Waals surface area contributed by atoms with Crippen LogP contribution in [0.4, 0.5) is 0 Å². The molecule has 1 aliphatic heterocycles.